The first-order valence-electron chi connectivity index (χ1n) is 6.04. The smallest absolute Gasteiger partial charge is 0.170 e. The summed E-state index contributed by atoms with van der Waals surface area (Å²) < 4.78 is 0. The first-order valence-corrected chi connectivity index (χ1v) is 6.04. The number of aliphatic hydroxyl groups is 1. The molecule has 0 aromatic carbocycles. The van der Waals surface area contributed by atoms with Crippen molar-refractivity contribution in [2.45, 2.75) is 12.8 Å². The summed E-state index contributed by atoms with van der Waals surface area (Å²) >= 11 is 0. The van der Waals surface area contributed by atoms with E-state index in [1.807, 2.05) is 6.07 Å². The topological polar surface area (TPSA) is 95.0 Å². The molecule has 0 aliphatic carbocycles. The van der Waals surface area contributed by atoms with Gasteiger partial charge in [0.05, 0.1) is 0 Å². The average molecular weight is 250 g/mol. The first kappa shape index (κ1) is 12.6. The van der Waals surface area contributed by atoms with Gasteiger partial charge in [-0.15, -0.1) is 0 Å². The Morgan fingerprint density at radius 3 is 3.17 bits per heavy atom. The molecule has 0 radical (unpaired) electrons. The Balaban J connectivity index is 2.10. The highest BCUT2D eigenvalue weighted by molar-refractivity contribution is 5.97. The Bertz CT molecular complexity index is 436. The summed E-state index contributed by atoms with van der Waals surface area (Å²) in [6, 6.07) is 3.52. The number of nitrogens with two attached hydrogens (primary N) is 1. The molecule has 98 valence electrons. The molecule has 6 heteroatoms. The number of oxime groups is 1. The third-order valence-electron chi connectivity index (χ3n) is 3.30. The minimum absolute atomic E-state index is 0.0877. The van der Waals surface area contributed by atoms with Gasteiger partial charge < -0.3 is 20.9 Å². The second kappa shape index (κ2) is 5.68. The second-order valence-corrected chi connectivity index (χ2v) is 4.50. The lowest BCUT2D eigenvalue weighted by Gasteiger charge is -2.17. The highest BCUT2D eigenvalue weighted by Gasteiger charge is 2.23. The van der Waals surface area contributed by atoms with E-state index in [0.29, 0.717) is 11.5 Å². The van der Waals surface area contributed by atoms with Gasteiger partial charge in [-0.3, -0.25) is 0 Å². The predicted octanol–water partition coefficient (Wildman–Crippen LogP) is 0.385. The summed E-state index contributed by atoms with van der Waals surface area (Å²) in [5.74, 6) is 1.44. The molecular formula is C12H18N4O2. The van der Waals surface area contributed by atoms with Crippen LogP contribution in [0.5, 0.6) is 0 Å². The van der Waals surface area contributed by atoms with Crippen molar-refractivity contribution >= 4 is 11.7 Å². The van der Waals surface area contributed by atoms with Gasteiger partial charge in [-0.05, 0) is 30.9 Å². The van der Waals surface area contributed by atoms with E-state index in [1.54, 1.807) is 12.3 Å². The fraction of sp³-hybridized carbons (Fsp3) is 0.500. The van der Waals surface area contributed by atoms with Crippen molar-refractivity contribution in [1.29, 1.82) is 0 Å². The zero-order valence-electron chi connectivity index (χ0n) is 10.2. The molecular weight excluding hydrogens is 232 g/mol. The third-order valence-corrected chi connectivity index (χ3v) is 3.30. The molecule has 1 saturated heterocycles. The number of pyridine rings is 1. The lowest BCUT2D eigenvalue weighted by Crippen LogP contribution is -2.22. The van der Waals surface area contributed by atoms with E-state index in [4.69, 9.17) is 16.0 Å². The molecule has 4 N–H and O–H groups in total. The van der Waals surface area contributed by atoms with Crippen LogP contribution < -0.4 is 10.6 Å². The number of rotatable bonds is 4. The van der Waals surface area contributed by atoms with Crippen molar-refractivity contribution in [2.24, 2.45) is 16.8 Å². The molecule has 6 nitrogen and oxygen atoms in total. The van der Waals surface area contributed by atoms with Crippen molar-refractivity contribution in [2.75, 3.05) is 24.6 Å². The third kappa shape index (κ3) is 2.70. The number of amidine groups is 1. The van der Waals surface area contributed by atoms with Crippen LogP contribution >= 0.6 is 0 Å². The molecule has 0 saturated carbocycles. The molecule has 18 heavy (non-hydrogen) atoms. The summed E-state index contributed by atoms with van der Waals surface area (Å²) in [4.78, 5) is 6.47. The monoisotopic (exact) mass is 250 g/mol. The number of hydrogen-bond acceptors (Lipinski definition) is 5. The maximum Gasteiger partial charge on any atom is 0.170 e. The average Bonchev–Trinajstić information content (AvgIpc) is 2.87. The van der Waals surface area contributed by atoms with Crippen LogP contribution in [0.3, 0.4) is 0 Å². The quantitative estimate of drug-likeness (QED) is 0.311. The maximum atomic E-state index is 8.94. The van der Waals surface area contributed by atoms with E-state index in [1.165, 1.54) is 0 Å². The fourth-order valence-electron chi connectivity index (χ4n) is 2.27. The second-order valence-electron chi connectivity index (χ2n) is 4.50. The van der Waals surface area contributed by atoms with Gasteiger partial charge in [0.1, 0.15) is 5.82 Å². The van der Waals surface area contributed by atoms with E-state index in [-0.39, 0.29) is 12.4 Å². The Hall–Kier alpha value is -1.82. The molecule has 1 fully saturated rings. The van der Waals surface area contributed by atoms with Crippen LogP contribution in [-0.2, 0) is 0 Å². The summed E-state index contributed by atoms with van der Waals surface area (Å²) in [6.07, 6.45) is 3.55. The van der Waals surface area contributed by atoms with Crippen LogP contribution in [0, 0.1) is 5.92 Å². The van der Waals surface area contributed by atoms with E-state index < -0.39 is 0 Å². The number of aliphatic hydroxyl groups excluding tert-OH is 1. The highest BCUT2D eigenvalue weighted by atomic mass is 16.4. The fourth-order valence-corrected chi connectivity index (χ4v) is 2.27. The van der Waals surface area contributed by atoms with Crippen molar-refractivity contribution in [3.05, 3.63) is 23.9 Å². The van der Waals surface area contributed by atoms with E-state index in [9.17, 15) is 0 Å². The highest BCUT2D eigenvalue weighted by Crippen LogP contribution is 2.24. The molecule has 1 atom stereocenters. The molecule has 0 bridgehead atoms. The van der Waals surface area contributed by atoms with Gasteiger partial charge in [0.15, 0.2) is 5.84 Å². The molecule has 2 rings (SSSR count). The summed E-state index contributed by atoms with van der Waals surface area (Å²) in [5.41, 5.74) is 6.22. The Morgan fingerprint density at radius 1 is 1.61 bits per heavy atom. The predicted molar refractivity (Wildman–Crippen MR) is 68.8 cm³/mol. The molecule has 1 unspecified atom stereocenters. The van der Waals surface area contributed by atoms with E-state index in [2.05, 4.69) is 15.0 Å². The number of anilines is 1. The maximum absolute atomic E-state index is 8.94. The van der Waals surface area contributed by atoms with Crippen LogP contribution in [-0.4, -0.2) is 40.8 Å². The lowest BCUT2D eigenvalue weighted by molar-refractivity contribution is 0.263. The molecule has 1 aliphatic rings. The Morgan fingerprint density at radius 2 is 2.44 bits per heavy atom. The zero-order chi connectivity index (χ0) is 13.0. The number of nitrogens with zero attached hydrogens (tertiary/aromatic N) is 3. The minimum Gasteiger partial charge on any atom is -0.409 e. The van der Waals surface area contributed by atoms with Crippen molar-refractivity contribution < 1.29 is 10.3 Å². The molecule has 1 aromatic heterocycles. The van der Waals surface area contributed by atoms with Gasteiger partial charge in [-0.2, -0.15) is 0 Å². The van der Waals surface area contributed by atoms with Crippen molar-refractivity contribution in [3.63, 3.8) is 0 Å². The van der Waals surface area contributed by atoms with Crippen LogP contribution in [0.25, 0.3) is 0 Å². The van der Waals surface area contributed by atoms with Crippen molar-refractivity contribution in [1.82, 2.24) is 4.98 Å². The van der Waals surface area contributed by atoms with E-state index >= 15 is 0 Å². The van der Waals surface area contributed by atoms with Gasteiger partial charge >= 0.3 is 0 Å². The zero-order valence-corrected chi connectivity index (χ0v) is 10.2. The normalized spacial score (nSPS) is 20.4. The molecule has 1 aromatic rings. The molecule has 1 aliphatic heterocycles. The Kier molecular flexibility index (Phi) is 3.99. The van der Waals surface area contributed by atoms with Crippen LogP contribution in [0.15, 0.2) is 23.5 Å². The Labute approximate surface area is 106 Å². The van der Waals surface area contributed by atoms with E-state index in [0.717, 1.165) is 31.7 Å². The van der Waals surface area contributed by atoms with Crippen LogP contribution in [0.4, 0.5) is 5.82 Å². The first-order chi connectivity index (χ1) is 8.74. The standard InChI is InChI=1S/C12H18N4O2/c13-12(15-18)10-1-4-14-11(7-10)16-5-2-9(8-16)3-6-17/h1,4,7,9,17-18H,2-3,5-6,8H2,(H2,13,15). The molecule has 0 amide bonds. The molecule has 2 heterocycles. The summed E-state index contributed by atoms with van der Waals surface area (Å²) in [5, 5.41) is 20.6. The van der Waals surface area contributed by atoms with Crippen molar-refractivity contribution in [3.8, 4) is 0 Å². The van der Waals surface area contributed by atoms with Gasteiger partial charge in [0, 0.05) is 31.5 Å². The molecule has 0 spiro atoms. The van der Waals surface area contributed by atoms with Crippen LogP contribution in [0.1, 0.15) is 18.4 Å². The van der Waals surface area contributed by atoms with Gasteiger partial charge in [-0.1, -0.05) is 5.16 Å². The minimum atomic E-state index is 0.0877. The number of aromatic nitrogens is 1. The number of hydrogen-bond donors (Lipinski definition) is 3. The summed E-state index contributed by atoms with van der Waals surface area (Å²) in [6.45, 7) is 2.06. The SMILES string of the molecule is N/C(=N/O)c1ccnc(N2CCC(CCO)C2)c1. The lowest BCUT2D eigenvalue weighted by atomic mass is 10.1. The van der Waals surface area contributed by atoms with Crippen LogP contribution in [0.2, 0.25) is 0 Å². The van der Waals surface area contributed by atoms with Gasteiger partial charge in [-0.25, -0.2) is 4.98 Å². The largest absolute Gasteiger partial charge is 0.409 e. The summed E-state index contributed by atoms with van der Waals surface area (Å²) in [7, 11) is 0. The van der Waals surface area contributed by atoms with Gasteiger partial charge in [0.2, 0.25) is 0 Å². The van der Waals surface area contributed by atoms with Gasteiger partial charge in [0.25, 0.3) is 0 Å².